The van der Waals surface area contributed by atoms with E-state index in [2.05, 4.69) is 5.32 Å². The zero-order chi connectivity index (χ0) is 13.8. The van der Waals surface area contributed by atoms with Gasteiger partial charge in [-0.05, 0) is 18.6 Å². The Bertz CT molecular complexity index is 517. The molecule has 0 saturated heterocycles. The lowest BCUT2D eigenvalue weighted by molar-refractivity contribution is 0.449. The number of sulfone groups is 1. The molecule has 0 aliphatic heterocycles. The van der Waals surface area contributed by atoms with Crippen molar-refractivity contribution in [3.63, 3.8) is 0 Å². The molecule has 1 rings (SSSR count). The summed E-state index contributed by atoms with van der Waals surface area (Å²) in [5.41, 5.74) is -0.249. The zero-order valence-electron chi connectivity index (χ0n) is 9.84. The van der Waals surface area contributed by atoms with Crippen molar-refractivity contribution in [3.8, 4) is 0 Å². The van der Waals surface area contributed by atoms with Gasteiger partial charge in [0.2, 0.25) is 0 Å². The van der Waals surface area contributed by atoms with E-state index in [1.54, 1.807) is 6.92 Å². The minimum absolute atomic E-state index is 0.0505. The first-order chi connectivity index (χ1) is 8.37. The van der Waals surface area contributed by atoms with Crippen LogP contribution in [0.1, 0.15) is 13.3 Å². The summed E-state index contributed by atoms with van der Waals surface area (Å²) in [5, 5.41) is 2.43. The molecule has 0 aromatic heterocycles. The molecule has 18 heavy (non-hydrogen) atoms. The van der Waals surface area contributed by atoms with Crippen LogP contribution in [0.3, 0.4) is 0 Å². The van der Waals surface area contributed by atoms with Crippen molar-refractivity contribution in [2.75, 3.05) is 23.4 Å². The first-order valence-corrected chi connectivity index (χ1v) is 7.27. The lowest BCUT2D eigenvalue weighted by atomic mass is 10.3. The van der Waals surface area contributed by atoms with Crippen molar-refractivity contribution in [2.45, 2.75) is 13.3 Å². The summed E-state index contributed by atoms with van der Waals surface area (Å²) in [6.07, 6.45) is 0.502. The highest BCUT2D eigenvalue weighted by atomic mass is 32.2. The molecule has 0 fully saturated rings. The minimum Gasteiger partial charge on any atom is -0.382 e. The standard InChI is InChI=1S/C11H14F3NO2S/c1-2-6-18(16,17)7-5-15-9-4-3-8(12)10(13)11(9)14/h3-4,15H,2,5-7H2,1H3. The highest BCUT2D eigenvalue weighted by molar-refractivity contribution is 7.91. The number of benzene rings is 1. The number of halogens is 3. The Morgan fingerprint density at radius 1 is 1.11 bits per heavy atom. The van der Waals surface area contributed by atoms with Gasteiger partial charge in [0, 0.05) is 12.3 Å². The Morgan fingerprint density at radius 2 is 1.78 bits per heavy atom. The fraction of sp³-hybridized carbons (Fsp3) is 0.455. The van der Waals surface area contributed by atoms with Crippen LogP contribution in [0.5, 0.6) is 0 Å². The molecule has 0 atom stereocenters. The van der Waals surface area contributed by atoms with Crippen LogP contribution in [0, 0.1) is 17.5 Å². The van der Waals surface area contributed by atoms with Gasteiger partial charge < -0.3 is 5.32 Å². The molecular weight excluding hydrogens is 267 g/mol. The Morgan fingerprint density at radius 3 is 2.39 bits per heavy atom. The average molecular weight is 281 g/mol. The first kappa shape index (κ1) is 14.8. The highest BCUT2D eigenvalue weighted by Crippen LogP contribution is 2.19. The van der Waals surface area contributed by atoms with Crippen LogP contribution in [0.25, 0.3) is 0 Å². The molecule has 0 bridgehead atoms. The molecule has 0 radical (unpaired) electrons. The van der Waals surface area contributed by atoms with E-state index in [9.17, 15) is 21.6 Å². The quantitative estimate of drug-likeness (QED) is 0.814. The Kier molecular flexibility index (Phi) is 5.01. The molecular formula is C11H14F3NO2S. The van der Waals surface area contributed by atoms with Crippen molar-refractivity contribution >= 4 is 15.5 Å². The fourth-order valence-electron chi connectivity index (χ4n) is 1.42. The fourth-order valence-corrected chi connectivity index (χ4v) is 2.66. The summed E-state index contributed by atoms with van der Waals surface area (Å²) < 4.78 is 61.4. The van der Waals surface area contributed by atoms with Crippen molar-refractivity contribution in [3.05, 3.63) is 29.6 Å². The monoisotopic (exact) mass is 281 g/mol. The summed E-state index contributed by atoms with van der Waals surface area (Å²) in [7, 11) is -3.19. The van der Waals surface area contributed by atoms with E-state index < -0.39 is 27.3 Å². The summed E-state index contributed by atoms with van der Waals surface area (Å²) in [6.45, 7) is 1.68. The maximum Gasteiger partial charge on any atom is 0.196 e. The van der Waals surface area contributed by atoms with Crippen molar-refractivity contribution < 1.29 is 21.6 Å². The lowest BCUT2D eigenvalue weighted by Crippen LogP contribution is -2.18. The van der Waals surface area contributed by atoms with Crippen LogP contribution >= 0.6 is 0 Å². The van der Waals surface area contributed by atoms with Gasteiger partial charge in [-0.25, -0.2) is 21.6 Å². The van der Waals surface area contributed by atoms with E-state index in [1.165, 1.54) is 0 Å². The highest BCUT2D eigenvalue weighted by Gasteiger charge is 2.14. The predicted molar refractivity (Wildman–Crippen MR) is 63.8 cm³/mol. The molecule has 0 amide bonds. The van der Waals surface area contributed by atoms with Crippen LogP contribution in [0.15, 0.2) is 12.1 Å². The van der Waals surface area contributed by atoms with Gasteiger partial charge in [0.25, 0.3) is 0 Å². The van der Waals surface area contributed by atoms with Gasteiger partial charge in [-0.1, -0.05) is 6.92 Å². The number of hydrogen-bond acceptors (Lipinski definition) is 3. The van der Waals surface area contributed by atoms with Crippen LogP contribution < -0.4 is 5.32 Å². The lowest BCUT2D eigenvalue weighted by Gasteiger charge is -2.08. The largest absolute Gasteiger partial charge is 0.382 e. The third-order valence-corrected chi connectivity index (χ3v) is 4.14. The third kappa shape index (κ3) is 3.90. The van der Waals surface area contributed by atoms with Gasteiger partial charge in [-0.2, -0.15) is 0 Å². The van der Waals surface area contributed by atoms with E-state index in [0.29, 0.717) is 6.42 Å². The summed E-state index contributed by atoms with van der Waals surface area (Å²) in [4.78, 5) is 0. The Labute approximate surface area is 104 Å². The molecule has 0 saturated carbocycles. The zero-order valence-corrected chi connectivity index (χ0v) is 10.7. The molecule has 0 unspecified atom stereocenters. The molecule has 0 spiro atoms. The molecule has 1 N–H and O–H groups in total. The Hall–Kier alpha value is -1.24. The molecule has 3 nitrogen and oxygen atoms in total. The van der Waals surface area contributed by atoms with E-state index in [4.69, 9.17) is 0 Å². The number of nitrogens with one attached hydrogen (secondary N) is 1. The number of rotatable bonds is 6. The van der Waals surface area contributed by atoms with Gasteiger partial charge in [-0.15, -0.1) is 0 Å². The van der Waals surface area contributed by atoms with Gasteiger partial charge in [0.05, 0.1) is 11.4 Å². The second-order valence-corrected chi connectivity index (χ2v) is 6.11. The van der Waals surface area contributed by atoms with E-state index in [0.717, 1.165) is 12.1 Å². The predicted octanol–water partition coefficient (Wildman–Crippen LogP) is 2.34. The molecule has 1 aromatic rings. The molecule has 0 aliphatic rings. The van der Waals surface area contributed by atoms with Crippen molar-refractivity contribution in [1.82, 2.24) is 0 Å². The first-order valence-electron chi connectivity index (χ1n) is 5.45. The van der Waals surface area contributed by atoms with Crippen LogP contribution in [0.2, 0.25) is 0 Å². The maximum atomic E-state index is 13.2. The average Bonchev–Trinajstić information content (AvgIpc) is 2.29. The van der Waals surface area contributed by atoms with E-state index in [1.807, 2.05) is 0 Å². The topological polar surface area (TPSA) is 46.2 Å². The van der Waals surface area contributed by atoms with Gasteiger partial charge in [0.1, 0.15) is 0 Å². The molecule has 7 heteroatoms. The normalized spacial score (nSPS) is 11.6. The van der Waals surface area contributed by atoms with Gasteiger partial charge >= 0.3 is 0 Å². The molecule has 0 heterocycles. The summed E-state index contributed by atoms with van der Waals surface area (Å²) in [6, 6.07) is 1.81. The SMILES string of the molecule is CCCS(=O)(=O)CCNc1ccc(F)c(F)c1F. The number of anilines is 1. The second-order valence-electron chi connectivity index (χ2n) is 3.80. The van der Waals surface area contributed by atoms with E-state index >= 15 is 0 Å². The second kappa shape index (κ2) is 6.08. The number of hydrogen-bond donors (Lipinski definition) is 1. The molecule has 102 valence electrons. The van der Waals surface area contributed by atoms with Gasteiger partial charge in [-0.3, -0.25) is 0 Å². The smallest absolute Gasteiger partial charge is 0.196 e. The molecule has 0 aliphatic carbocycles. The minimum atomic E-state index is -3.19. The van der Waals surface area contributed by atoms with Gasteiger partial charge in [0.15, 0.2) is 27.3 Å². The van der Waals surface area contributed by atoms with Crippen LogP contribution in [-0.2, 0) is 9.84 Å². The Balaban J connectivity index is 2.63. The van der Waals surface area contributed by atoms with Crippen molar-refractivity contribution in [2.24, 2.45) is 0 Å². The summed E-state index contributed by atoms with van der Waals surface area (Å²) >= 11 is 0. The van der Waals surface area contributed by atoms with E-state index in [-0.39, 0.29) is 23.7 Å². The molecule has 1 aromatic carbocycles. The van der Waals surface area contributed by atoms with Crippen molar-refractivity contribution in [1.29, 1.82) is 0 Å². The van der Waals surface area contributed by atoms with Crippen LogP contribution in [-0.4, -0.2) is 26.5 Å². The summed E-state index contributed by atoms with van der Waals surface area (Å²) in [5.74, 6) is -4.33. The maximum absolute atomic E-state index is 13.2. The third-order valence-electron chi connectivity index (χ3n) is 2.28. The van der Waals surface area contributed by atoms with Crippen LogP contribution in [0.4, 0.5) is 18.9 Å².